The third-order valence-corrected chi connectivity index (χ3v) is 7.61. The third kappa shape index (κ3) is 36.9. The molecule has 0 amide bonds. The van der Waals surface area contributed by atoms with Crippen LogP contribution in [0.3, 0.4) is 0 Å². The molecule has 4 nitrogen and oxygen atoms in total. The van der Waals surface area contributed by atoms with E-state index in [2.05, 4.69) is 20.4 Å². The number of unbranched alkanes of at least 4 members (excludes halogenated alkanes) is 18. The molecule has 0 aliphatic rings. The predicted octanol–water partition coefficient (Wildman–Crippen LogP) is 4.17. The molecule has 0 radical (unpaired) electrons. The Labute approximate surface area is 229 Å². The van der Waals surface area contributed by atoms with Crippen LogP contribution < -0.4 is 34.7 Å². The van der Waals surface area contributed by atoms with Crippen LogP contribution in [0.4, 0.5) is 0 Å². The number of carbonyl (C=O) groups excluding carboxylic acids is 1. The fourth-order valence-electron chi connectivity index (χ4n) is 3.72. The zero-order chi connectivity index (χ0) is 24.3. The average molecular weight is 497 g/mol. The van der Waals surface area contributed by atoms with Gasteiger partial charge in [-0.25, -0.2) is 8.42 Å². The first kappa shape index (κ1) is 37.7. The molecular formula is C27H53NaO4S. The van der Waals surface area contributed by atoms with Gasteiger partial charge in [0.2, 0.25) is 0 Å². The second kappa shape index (κ2) is 30.2. The normalized spacial score (nSPS) is 10.7. The average Bonchev–Trinajstić information content (AvgIpc) is 2.76. The SMILES string of the molecule is C=CC(=O)[O-].CCCCCCCCCCCCS(=O)(=O)CCCCCCCCCCCC.[Na+]. The van der Waals surface area contributed by atoms with Crippen LogP contribution in [0.5, 0.6) is 0 Å². The van der Waals surface area contributed by atoms with Crippen molar-refractivity contribution in [2.45, 2.75) is 142 Å². The van der Waals surface area contributed by atoms with E-state index in [1.165, 1.54) is 103 Å². The fraction of sp³-hybridized carbons (Fsp3) is 0.889. The predicted molar refractivity (Wildman–Crippen MR) is 138 cm³/mol. The van der Waals surface area contributed by atoms with Crippen molar-refractivity contribution in [3.63, 3.8) is 0 Å². The first-order valence-corrected chi connectivity index (χ1v) is 15.3. The molecule has 0 fully saturated rings. The number of sulfone groups is 1. The van der Waals surface area contributed by atoms with Crippen LogP contribution in [0.1, 0.15) is 142 Å². The van der Waals surface area contributed by atoms with Crippen LogP contribution >= 0.6 is 0 Å². The van der Waals surface area contributed by atoms with Crippen LogP contribution in [-0.2, 0) is 14.6 Å². The summed E-state index contributed by atoms with van der Waals surface area (Å²) in [6, 6.07) is 0. The van der Waals surface area contributed by atoms with Crippen molar-refractivity contribution in [1.29, 1.82) is 0 Å². The van der Waals surface area contributed by atoms with Gasteiger partial charge in [0.05, 0.1) is 17.5 Å². The minimum atomic E-state index is -2.80. The van der Waals surface area contributed by atoms with Gasteiger partial charge in [0.15, 0.2) is 0 Å². The van der Waals surface area contributed by atoms with Crippen molar-refractivity contribution < 1.29 is 47.9 Å². The Balaban J connectivity index is -0.00000134. The minimum absolute atomic E-state index is 0. The van der Waals surface area contributed by atoms with E-state index in [1.54, 1.807) is 0 Å². The molecule has 0 bridgehead atoms. The van der Waals surface area contributed by atoms with E-state index in [1.807, 2.05) is 0 Å². The summed E-state index contributed by atoms with van der Waals surface area (Å²) in [4.78, 5) is 9.14. The van der Waals surface area contributed by atoms with Crippen LogP contribution in [0.2, 0.25) is 0 Å². The molecule has 0 aromatic heterocycles. The Morgan fingerprint density at radius 1 is 0.606 bits per heavy atom. The number of hydrogen-bond donors (Lipinski definition) is 0. The molecule has 0 N–H and O–H groups in total. The van der Waals surface area contributed by atoms with E-state index in [9.17, 15) is 8.42 Å². The van der Waals surface area contributed by atoms with Crippen LogP contribution in [-0.4, -0.2) is 25.9 Å². The van der Waals surface area contributed by atoms with Gasteiger partial charge in [0, 0.05) is 0 Å². The molecule has 0 atom stereocenters. The largest absolute Gasteiger partial charge is 1.00 e. The zero-order valence-corrected chi connectivity index (χ0v) is 25.2. The van der Waals surface area contributed by atoms with Gasteiger partial charge < -0.3 is 9.90 Å². The van der Waals surface area contributed by atoms with Gasteiger partial charge in [-0.3, -0.25) is 0 Å². The van der Waals surface area contributed by atoms with Gasteiger partial charge in [-0.05, 0) is 18.9 Å². The summed E-state index contributed by atoms with van der Waals surface area (Å²) in [6.45, 7) is 7.41. The van der Waals surface area contributed by atoms with Crippen LogP contribution in [0.25, 0.3) is 0 Å². The van der Waals surface area contributed by atoms with Gasteiger partial charge in [-0.1, -0.05) is 136 Å². The molecule has 0 saturated heterocycles. The van der Waals surface area contributed by atoms with E-state index in [4.69, 9.17) is 9.90 Å². The van der Waals surface area contributed by atoms with E-state index < -0.39 is 15.8 Å². The molecule has 0 aromatic carbocycles. The summed E-state index contributed by atoms with van der Waals surface area (Å²) in [5.74, 6) is -0.396. The van der Waals surface area contributed by atoms with Crippen molar-refractivity contribution in [1.82, 2.24) is 0 Å². The first-order valence-electron chi connectivity index (χ1n) is 13.4. The zero-order valence-electron chi connectivity index (χ0n) is 22.4. The second-order valence-corrected chi connectivity index (χ2v) is 11.3. The maximum absolute atomic E-state index is 12.1. The first-order chi connectivity index (χ1) is 15.4. The number of carboxylic acids is 1. The maximum atomic E-state index is 12.1. The number of rotatable bonds is 23. The molecule has 0 aromatic rings. The fourth-order valence-corrected chi connectivity index (χ4v) is 5.21. The summed E-state index contributed by atoms with van der Waals surface area (Å²) >= 11 is 0. The summed E-state index contributed by atoms with van der Waals surface area (Å²) in [6.07, 6.45) is 25.9. The molecular weight excluding hydrogens is 443 g/mol. The molecule has 6 heteroatoms. The molecule has 0 heterocycles. The van der Waals surface area contributed by atoms with Crippen molar-refractivity contribution in [3.8, 4) is 0 Å². The Kier molecular flexibility index (Phi) is 34.5. The molecule has 192 valence electrons. The minimum Gasteiger partial charge on any atom is -0.545 e. The van der Waals surface area contributed by atoms with Gasteiger partial charge in [0.25, 0.3) is 0 Å². The Hall–Kier alpha value is 0.160. The van der Waals surface area contributed by atoms with Crippen molar-refractivity contribution in [3.05, 3.63) is 12.7 Å². The molecule has 0 rings (SSSR count). The van der Waals surface area contributed by atoms with Gasteiger partial charge in [-0.15, -0.1) is 0 Å². The Bertz CT molecular complexity index is 476. The molecule has 0 spiro atoms. The van der Waals surface area contributed by atoms with Crippen molar-refractivity contribution in [2.75, 3.05) is 11.5 Å². The smallest absolute Gasteiger partial charge is 0.545 e. The van der Waals surface area contributed by atoms with Gasteiger partial charge >= 0.3 is 29.6 Å². The molecule has 33 heavy (non-hydrogen) atoms. The van der Waals surface area contributed by atoms with Crippen molar-refractivity contribution >= 4 is 15.8 Å². The quantitative estimate of drug-likeness (QED) is 0.121. The molecule has 0 unspecified atom stereocenters. The number of carboxylic acid groups (broad SMARTS) is 1. The van der Waals surface area contributed by atoms with E-state index in [0.29, 0.717) is 11.5 Å². The number of carbonyl (C=O) groups is 1. The Morgan fingerprint density at radius 3 is 1.03 bits per heavy atom. The Morgan fingerprint density at radius 2 is 0.818 bits per heavy atom. The van der Waals surface area contributed by atoms with Crippen LogP contribution in [0, 0.1) is 0 Å². The summed E-state index contributed by atoms with van der Waals surface area (Å²) < 4.78 is 24.2. The molecule has 0 aliphatic carbocycles. The number of hydrogen-bond acceptors (Lipinski definition) is 4. The number of aliphatic carboxylic acids is 1. The van der Waals surface area contributed by atoms with Crippen LogP contribution in [0.15, 0.2) is 12.7 Å². The van der Waals surface area contributed by atoms with Gasteiger partial charge in [-0.2, -0.15) is 0 Å². The van der Waals surface area contributed by atoms with E-state index in [0.717, 1.165) is 31.8 Å². The van der Waals surface area contributed by atoms with E-state index >= 15 is 0 Å². The summed E-state index contributed by atoms with van der Waals surface area (Å²) in [5, 5.41) is 9.14. The monoisotopic (exact) mass is 496 g/mol. The third-order valence-electron chi connectivity index (χ3n) is 5.78. The standard InChI is InChI=1S/C24H50O2S.C3H4O2.Na/c1-3-5-7-9-11-13-15-17-19-21-23-27(25,26)24-22-20-18-16-14-12-10-8-6-4-2;1-2-3(4)5;/h3-24H2,1-2H3;2H,1H2,(H,4,5);/q;;+1/p-1. The topological polar surface area (TPSA) is 74.3 Å². The summed E-state index contributed by atoms with van der Waals surface area (Å²) in [7, 11) is -2.80. The van der Waals surface area contributed by atoms with Crippen molar-refractivity contribution in [2.24, 2.45) is 0 Å². The molecule has 0 aliphatic heterocycles. The summed E-state index contributed by atoms with van der Waals surface area (Å²) in [5.41, 5.74) is 0. The van der Waals surface area contributed by atoms with Gasteiger partial charge in [0.1, 0.15) is 9.84 Å². The maximum Gasteiger partial charge on any atom is 1.00 e. The molecule has 0 saturated carbocycles. The second-order valence-electron chi connectivity index (χ2n) is 9.04. The van der Waals surface area contributed by atoms with E-state index in [-0.39, 0.29) is 29.6 Å².